The van der Waals surface area contributed by atoms with E-state index in [2.05, 4.69) is 5.32 Å². The molecule has 0 atom stereocenters. The Bertz CT molecular complexity index is 800. The summed E-state index contributed by atoms with van der Waals surface area (Å²) in [7, 11) is 1.55. The molecule has 3 rings (SSSR count). The van der Waals surface area contributed by atoms with Gasteiger partial charge in [0.05, 0.1) is 12.8 Å². The van der Waals surface area contributed by atoms with Gasteiger partial charge in [0, 0.05) is 10.6 Å². The largest absolute Gasteiger partial charge is 0.496 e. The Kier molecular flexibility index (Phi) is 4.04. The first-order valence-corrected chi connectivity index (χ1v) is 7.23. The van der Waals surface area contributed by atoms with E-state index >= 15 is 0 Å². The van der Waals surface area contributed by atoms with Crippen LogP contribution in [0, 0.1) is 0 Å². The number of amides is 3. The van der Waals surface area contributed by atoms with Gasteiger partial charge < -0.3 is 10.1 Å². The van der Waals surface area contributed by atoms with Crippen LogP contribution in [0.5, 0.6) is 5.75 Å². The predicted molar refractivity (Wildman–Crippen MR) is 88.4 cm³/mol. The van der Waals surface area contributed by atoms with Gasteiger partial charge in [0.2, 0.25) is 0 Å². The van der Waals surface area contributed by atoms with Gasteiger partial charge in [-0.2, -0.15) is 0 Å². The Hall–Kier alpha value is -2.79. The number of halogens is 1. The molecular weight excluding hydrogens is 316 g/mol. The number of urea groups is 1. The molecule has 6 heteroatoms. The second kappa shape index (κ2) is 6.14. The molecule has 0 aromatic heterocycles. The van der Waals surface area contributed by atoms with Gasteiger partial charge in [-0.1, -0.05) is 29.8 Å². The predicted octanol–water partition coefficient (Wildman–Crippen LogP) is 3.45. The van der Waals surface area contributed by atoms with Crippen molar-refractivity contribution >= 4 is 35.3 Å². The third-order valence-electron chi connectivity index (χ3n) is 3.40. The number of rotatable bonds is 3. The number of hydrogen-bond acceptors (Lipinski definition) is 3. The summed E-state index contributed by atoms with van der Waals surface area (Å²) in [5.41, 5.74) is 1.35. The summed E-state index contributed by atoms with van der Waals surface area (Å²) in [5, 5.41) is 3.11. The molecule has 1 saturated heterocycles. The Balaban J connectivity index is 1.95. The van der Waals surface area contributed by atoms with E-state index < -0.39 is 11.9 Å². The van der Waals surface area contributed by atoms with Crippen molar-refractivity contribution in [3.8, 4) is 5.75 Å². The maximum absolute atomic E-state index is 12.5. The number of anilines is 1. The quantitative estimate of drug-likeness (QED) is 0.693. The minimum Gasteiger partial charge on any atom is -0.496 e. The van der Waals surface area contributed by atoms with E-state index in [1.807, 2.05) is 12.1 Å². The second-order valence-electron chi connectivity index (χ2n) is 4.85. The molecule has 0 unspecified atom stereocenters. The lowest BCUT2D eigenvalue weighted by Crippen LogP contribution is -2.30. The number of nitrogens with zero attached hydrogens (tertiary/aromatic N) is 1. The number of methoxy groups -OCH3 is 1. The van der Waals surface area contributed by atoms with Crippen LogP contribution < -0.4 is 15.0 Å². The van der Waals surface area contributed by atoms with Crippen LogP contribution in [-0.2, 0) is 4.79 Å². The molecule has 5 nitrogen and oxygen atoms in total. The molecule has 2 aromatic carbocycles. The molecule has 1 aliphatic heterocycles. The highest BCUT2D eigenvalue weighted by molar-refractivity contribution is 6.31. The van der Waals surface area contributed by atoms with Gasteiger partial charge in [0.1, 0.15) is 11.4 Å². The molecule has 1 fully saturated rings. The first-order valence-electron chi connectivity index (χ1n) is 6.86. The van der Waals surface area contributed by atoms with Gasteiger partial charge in [-0.05, 0) is 36.4 Å². The summed E-state index contributed by atoms with van der Waals surface area (Å²) in [5.74, 6) is 0.190. The maximum atomic E-state index is 12.5. The van der Waals surface area contributed by atoms with Gasteiger partial charge in [-0.15, -0.1) is 0 Å². The summed E-state index contributed by atoms with van der Waals surface area (Å²) in [6.45, 7) is 0. The van der Waals surface area contributed by atoms with E-state index in [0.717, 1.165) is 4.90 Å². The van der Waals surface area contributed by atoms with E-state index in [1.165, 1.54) is 0 Å². The van der Waals surface area contributed by atoms with Crippen LogP contribution in [-0.4, -0.2) is 19.0 Å². The fraction of sp³-hybridized carbons (Fsp3) is 0.0588. The third-order valence-corrected chi connectivity index (χ3v) is 3.65. The average molecular weight is 329 g/mol. The fourth-order valence-electron chi connectivity index (χ4n) is 2.30. The van der Waals surface area contributed by atoms with E-state index in [1.54, 1.807) is 49.6 Å². The van der Waals surface area contributed by atoms with Gasteiger partial charge in [0.25, 0.3) is 5.91 Å². The first kappa shape index (κ1) is 15.1. The lowest BCUT2D eigenvalue weighted by molar-refractivity contribution is -0.113. The zero-order valence-electron chi connectivity index (χ0n) is 12.2. The van der Waals surface area contributed by atoms with Gasteiger partial charge in [-0.3, -0.25) is 4.79 Å². The van der Waals surface area contributed by atoms with E-state index in [-0.39, 0.29) is 5.70 Å². The first-order chi connectivity index (χ1) is 11.1. The van der Waals surface area contributed by atoms with Crippen molar-refractivity contribution in [1.82, 2.24) is 5.32 Å². The molecule has 0 spiro atoms. The molecule has 0 bridgehead atoms. The number of ether oxygens (including phenoxy) is 1. The highest BCUT2D eigenvalue weighted by Gasteiger charge is 2.34. The number of carbonyl (C=O) groups excluding carboxylic acids is 2. The van der Waals surface area contributed by atoms with E-state index in [4.69, 9.17) is 16.3 Å². The van der Waals surface area contributed by atoms with Crippen molar-refractivity contribution in [2.24, 2.45) is 0 Å². The zero-order valence-corrected chi connectivity index (χ0v) is 13.0. The second-order valence-corrected chi connectivity index (χ2v) is 5.28. The average Bonchev–Trinajstić information content (AvgIpc) is 2.83. The normalized spacial score (nSPS) is 15.9. The van der Waals surface area contributed by atoms with Crippen molar-refractivity contribution in [2.75, 3.05) is 12.0 Å². The number of nitrogens with one attached hydrogen (secondary N) is 1. The molecule has 23 heavy (non-hydrogen) atoms. The Morgan fingerprint density at radius 2 is 1.78 bits per heavy atom. The fourth-order valence-corrected chi connectivity index (χ4v) is 2.43. The van der Waals surface area contributed by atoms with E-state index in [0.29, 0.717) is 22.0 Å². The SMILES string of the molecule is COc1ccccc1/C=C1/NC(=O)N(c2ccc(Cl)cc2)C1=O. The van der Waals surface area contributed by atoms with Crippen LogP contribution in [0.15, 0.2) is 54.2 Å². The number of benzene rings is 2. The van der Waals surface area contributed by atoms with Crippen LogP contribution in [0.4, 0.5) is 10.5 Å². The number of hydrogen-bond donors (Lipinski definition) is 1. The zero-order chi connectivity index (χ0) is 16.4. The van der Waals surface area contributed by atoms with Gasteiger partial charge in [0.15, 0.2) is 0 Å². The van der Waals surface area contributed by atoms with Crippen molar-refractivity contribution in [1.29, 1.82) is 0 Å². The third kappa shape index (κ3) is 2.91. The van der Waals surface area contributed by atoms with Crippen LogP contribution in [0.2, 0.25) is 5.02 Å². The minimum absolute atomic E-state index is 0.189. The summed E-state index contributed by atoms with van der Waals surface area (Å²) in [6, 6.07) is 13.2. The molecule has 1 heterocycles. The standard InChI is InChI=1S/C17H13ClN2O3/c1-23-15-5-3-2-4-11(15)10-14-16(21)20(17(22)19-14)13-8-6-12(18)7-9-13/h2-10H,1H3,(H,19,22)/b14-10+. The van der Waals surface area contributed by atoms with Crippen LogP contribution in [0.1, 0.15) is 5.56 Å². The summed E-state index contributed by atoms with van der Waals surface area (Å²) < 4.78 is 5.25. The molecule has 1 aliphatic rings. The lowest BCUT2D eigenvalue weighted by Gasteiger charge is -2.11. The van der Waals surface area contributed by atoms with Crippen molar-refractivity contribution in [3.05, 3.63) is 64.8 Å². The molecule has 116 valence electrons. The highest BCUT2D eigenvalue weighted by Crippen LogP contribution is 2.26. The Morgan fingerprint density at radius 1 is 1.09 bits per heavy atom. The van der Waals surface area contributed by atoms with Crippen LogP contribution in [0.3, 0.4) is 0 Å². The van der Waals surface area contributed by atoms with Gasteiger partial charge in [-0.25, -0.2) is 9.69 Å². The topological polar surface area (TPSA) is 58.6 Å². The molecule has 1 N–H and O–H groups in total. The Labute approximate surface area is 138 Å². The molecule has 0 saturated carbocycles. The van der Waals surface area contributed by atoms with Crippen LogP contribution in [0.25, 0.3) is 6.08 Å². The molecule has 0 radical (unpaired) electrons. The lowest BCUT2D eigenvalue weighted by atomic mass is 10.1. The van der Waals surface area contributed by atoms with E-state index in [9.17, 15) is 9.59 Å². The van der Waals surface area contributed by atoms with Crippen molar-refractivity contribution < 1.29 is 14.3 Å². The highest BCUT2D eigenvalue weighted by atomic mass is 35.5. The molecule has 3 amide bonds. The van der Waals surface area contributed by atoms with Crippen molar-refractivity contribution in [3.63, 3.8) is 0 Å². The van der Waals surface area contributed by atoms with Crippen LogP contribution >= 0.6 is 11.6 Å². The summed E-state index contributed by atoms with van der Waals surface area (Å²) >= 11 is 5.83. The maximum Gasteiger partial charge on any atom is 0.333 e. The molecule has 2 aromatic rings. The summed E-state index contributed by atoms with van der Waals surface area (Å²) in [6.07, 6.45) is 1.59. The number of carbonyl (C=O) groups is 2. The Morgan fingerprint density at radius 3 is 2.48 bits per heavy atom. The molecule has 0 aliphatic carbocycles. The molecular formula is C17H13ClN2O3. The van der Waals surface area contributed by atoms with Gasteiger partial charge >= 0.3 is 6.03 Å². The number of imide groups is 1. The monoisotopic (exact) mass is 328 g/mol. The number of para-hydroxylation sites is 1. The van der Waals surface area contributed by atoms with Crippen molar-refractivity contribution in [2.45, 2.75) is 0 Å². The smallest absolute Gasteiger partial charge is 0.333 e. The minimum atomic E-state index is -0.501. The summed E-state index contributed by atoms with van der Waals surface area (Å²) in [4.78, 5) is 25.7.